The molecule has 0 radical (unpaired) electrons. The van der Waals surface area contributed by atoms with Crippen LogP contribution in [0.3, 0.4) is 0 Å². The van der Waals surface area contributed by atoms with Crippen LogP contribution >= 0.6 is 0 Å². The van der Waals surface area contributed by atoms with Crippen LogP contribution in [-0.4, -0.2) is 50.0 Å². The van der Waals surface area contributed by atoms with Crippen LogP contribution in [0.4, 0.5) is 0 Å². The molecule has 1 aliphatic rings. The molecule has 1 saturated heterocycles. The zero-order chi connectivity index (χ0) is 7.78. The van der Waals surface area contributed by atoms with Gasteiger partial charge in [0.2, 0.25) is 0 Å². The lowest BCUT2D eigenvalue weighted by atomic mass is 14.9. The van der Waals surface area contributed by atoms with Crippen LogP contribution in [-0.2, 0) is 25.6 Å². The SMILES string of the molecule is O1O[SiH2]O[SiH2]O[SiH2]O[SiH2]O[SiH2]1. The molecular formula is H10O6Si5. The molecule has 1 heterocycles. The first kappa shape index (κ1) is 9.93. The van der Waals surface area contributed by atoms with E-state index in [0.29, 0.717) is 0 Å². The first-order chi connectivity index (χ1) is 5.50. The van der Waals surface area contributed by atoms with E-state index < -0.39 is 50.0 Å². The molecule has 0 atom stereocenters. The predicted molar refractivity (Wildman–Crippen MR) is 49.2 cm³/mol. The zero-order valence-corrected chi connectivity index (χ0v) is 13.1. The standard InChI is InChI=1S/H10O6Si5/c1-2-8-4-10-6-11-5-9-3-7-1/h7-11H2. The summed E-state index contributed by atoms with van der Waals surface area (Å²) in [6, 6.07) is 0. The van der Waals surface area contributed by atoms with Gasteiger partial charge in [-0.05, 0) is 0 Å². The van der Waals surface area contributed by atoms with Crippen LogP contribution in [0.25, 0.3) is 0 Å². The van der Waals surface area contributed by atoms with Crippen LogP contribution in [0, 0.1) is 0 Å². The Morgan fingerprint density at radius 1 is 0.455 bits per heavy atom. The van der Waals surface area contributed by atoms with Crippen molar-refractivity contribution in [2.45, 2.75) is 0 Å². The van der Waals surface area contributed by atoms with Crippen molar-refractivity contribution in [3.05, 3.63) is 0 Å². The highest BCUT2D eigenvalue weighted by molar-refractivity contribution is 6.46. The fourth-order valence-electron chi connectivity index (χ4n) is 0.449. The van der Waals surface area contributed by atoms with E-state index in [2.05, 4.69) is 0 Å². The van der Waals surface area contributed by atoms with E-state index in [-0.39, 0.29) is 0 Å². The largest absolute Gasteiger partial charge is 0.425 e. The molecule has 0 spiro atoms. The maximum atomic E-state index is 5.17. The second-order valence-electron chi connectivity index (χ2n) is 1.64. The molecule has 0 unspecified atom stereocenters. The normalized spacial score (nSPS) is 34.9. The minimum Gasteiger partial charge on any atom is -0.425 e. The van der Waals surface area contributed by atoms with Crippen LogP contribution in [0.2, 0.25) is 0 Å². The van der Waals surface area contributed by atoms with E-state index in [1.807, 2.05) is 0 Å². The zero-order valence-electron chi connectivity index (χ0n) is 5.99. The van der Waals surface area contributed by atoms with E-state index >= 15 is 0 Å². The average molecular weight is 247 g/mol. The molecule has 1 fully saturated rings. The van der Waals surface area contributed by atoms with Gasteiger partial charge >= 0.3 is 20.0 Å². The fourth-order valence-corrected chi connectivity index (χ4v) is 7.22. The topological polar surface area (TPSA) is 55.4 Å². The van der Waals surface area contributed by atoms with Crippen molar-refractivity contribution >= 4 is 50.0 Å². The Balaban J connectivity index is 2.02. The molecule has 66 valence electrons. The molecule has 11 heteroatoms. The molecule has 0 N–H and O–H groups in total. The summed E-state index contributed by atoms with van der Waals surface area (Å²) in [7, 11) is -4.35. The van der Waals surface area contributed by atoms with Crippen LogP contribution < -0.4 is 0 Å². The Hall–Kier alpha value is 0.844. The maximum Gasteiger partial charge on any atom is 0.334 e. The van der Waals surface area contributed by atoms with Crippen molar-refractivity contribution in [2.24, 2.45) is 0 Å². The lowest BCUT2D eigenvalue weighted by molar-refractivity contribution is -0.120. The van der Waals surface area contributed by atoms with Gasteiger partial charge in [-0.2, -0.15) is 0 Å². The summed E-state index contributed by atoms with van der Waals surface area (Å²) in [5, 5.41) is 0. The number of hydrogen-bond acceptors (Lipinski definition) is 6. The quantitative estimate of drug-likeness (QED) is 0.315. The lowest BCUT2D eigenvalue weighted by Gasteiger charge is -2.02. The Labute approximate surface area is 76.1 Å². The Morgan fingerprint density at radius 2 is 0.818 bits per heavy atom. The monoisotopic (exact) mass is 246 g/mol. The molecule has 0 aromatic heterocycles. The minimum absolute atomic E-state index is 0.795. The molecule has 1 rings (SSSR count). The molecule has 0 aromatic rings. The van der Waals surface area contributed by atoms with Gasteiger partial charge < -0.3 is 16.5 Å². The van der Waals surface area contributed by atoms with E-state index in [4.69, 9.17) is 25.6 Å². The van der Waals surface area contributed by atoms with Crippen molar-refractivity contribution in [3.8, 4) is 0 Å². The van der Waals surface area contributed by atoms with Gasteiger partial charge in [0.05, 0.1) is 0 Å². The highest BCUT2D eigenvalue weighted by atomic mass is 28.4. The molecule has 0 saturated carbocycles. The molecule has 11 heavy (non-hydrogen) atoms. The van der Waals surface area contributed by atoms with Crippen molar-refractivity contribution in [1.29, 1.82) is 0 Å². The van der Waals surface area contributed by atoms with Gasteiger partial charge in [0.25, 0.3) is 30.0 Å². The Kier molecular flexibility index (Phi) is 6.76. The van der Waals surface area contributed by atoms with Crippen LogP contribution in [0.15, 0.2) is 0 Å². The van der Waals surface area contributed by atoms with E-state index in [1.165, 1.54) is 0 Å². The Morgan fingerprint density at radius 3 is 1.27 bits per heavy atom. The molecule has 0 amide bonds. The van der Waals surface area contributed by atoms with Gasteiger partial charge in [-0.25, -0.2) is 0 Å². The summed E-state index contributed by atoms with van der Waals surface area (Å²) in [5.41, 5.74) is 0. The molecule has 0 bridgehead atoms. The van der Waals surface area contributed by atoms with Gasteiger partial charge in [0, 0.05) is 0 Å². The van der Waals surface area contributed by atoms with Crippen LogP contribution in [0.5, 0.6) is 0 Å². The van der Waals surface area contributed by atoms with Crippen LogP contribution in [0.1, 0.15) is 0 Å². The molecule has 0 aliphatic carbocycles. The highest BCUT2D eigenvalue weighted by Crippen LogP contribution is 1.81. The summed E-state index contributed by atoms with van der Waals surface area (Å²) in [5.74, 6) is 0. The van der Waals surface area contributed by atoms with E-state index in [1.54, 1.807) is 0 Å². The highest BCUT2D eigenvalue weighted by Gasteiger charge is 1.97. The van der Waals surface area contributed by atoms with Crippen molar-refractivity contribution < 1.29 is 25.6 Å². The van der Waals surface area contributed by atoms with Crippen molar-refractivity contribution in [3.63, 3.8) is 0 Å². The third-order valence-electron chi connectivity index (χ3n) is 0.846. The summed E-state index contributed by atoms with van der Waals surface area (Å²) in [6.07, 6.45) is 0. The summed E-state index contributed by atoms with van der Waals surface area (Å²) in [4.78, 5) is 0. The van der Waals surface area contributed by atoms with Crippen molar-refractivity contribution in [1.82, 2.24) is 0 Å². The average Bonchev–Trinajstić information content (AvgIpc) is 2.08. The van der Waals surface area contributed by atoms with Gasteiger partial charge in [-0.1, -0.05) is 0 Å². The lowest BCUT2D eigenvalue weighted by Crippen LogP contribution is -2.15. The summed E-state index contributed by atoms with van der Waals surface area (Å²) < 4.78 is 30.1. The summed E-state index contributed by atoms with van der Waals surface area (Å²) >= 11 is 0. The van der Waals surface area contributed by atoms with Gasteiger partial charge in [-0.15, -0.1) is 0 Å². The first-order valence-corrected chi connectivity index (χ1v) is 8.83. The molecular weight excluding hydrogens is 236 g/mol. The van der Waals surface area contributed by atoms with E-state index in [9.17, 15) is 0 Å². The van der Waals surface area contributed by atoms with Gasteiger partial charge in [0.15, 0.2) is 0 Å². The molecule has 0 aromatic carbocycles. The second-order valence-corrected chi connectivity index (χ2v) is 9.82. The second kappa shape index (κ2) is 7.49. The Bertz CT molecular complexity index is 49.0. The number of rotatable bonds is 0. The predicted octanol–water partition coefficient (Wildman–Crippen LogP) is -4.99. The van der Waals surface area contributed by atoms with E-state index in [0.717, 1.165) is 0 Å². The van der Waals surface area contributed by atoms with Gasteiger partial charge in [-0.3, -0.25) is 9.15 Å². The fraction of sp³-hybridized carbons (Fsp3) is 0. The third-order valence-corrected chi connectivity index (χ3v) is 7.04. The number of hydrogen-bond donors (Lipinski definition) is 0. The molecule has 1 aliphatic heterocycles. The smallest absolute Gasteiger partial charge is 0.334 e. The summed E-state index contributed by atoms with van der Waals surface area (Å²) in [6.45, 7) is 0. The minimum atomic E-state index is -0.950. The maximum absolute atomic E-state index is 5.17. The third kappa shape index (κ3) is 6.05. The first-order valence-electron chi connectivity index (χ1n) is 3.05. The van der Waals surface area contributed by atoms with Gasteiger partial charge in [0.1, 0.15) is 0 Å². The van der Waals surface area contributed by atoms with Crippen molar-refractivity contribution in [2.75, 3.05) is 0 Å². The molecule has 6 nitrogen and oxygen atoms in total.